The normalized spacial score (nSPS) is 11.3. The lowest BCUT2D eigenvalue weighted by atomic mass is 9.78. The number of benzene rings is 22. The summed E-state index contributed by atoms with van der Waals surface area (Å²) in [5.74, 6) is 0. The fraction of sp³-hybridized carbons (Fsp3) is 0.0320. The van der Waals surface area contributed by atoms with Gasteiger partial charge in [-0.2, -0.15) is 5.26 Å². The molecule has 0 aliphatic carbocycles. The molecule has 22 aromatic rings. The summed E-state index contributed by atoms with van der Waals surface area (Å²) < 4.78 is 0. The summed E-state index contributed by atoms with van der Waals surface area (Å²) >= 11 is 0. The van der Waals surface area contributed by atoms with E-state index in [1.54, 1.807) is 0 Å². The molecule has 0 bridgehead atoms. The van der Waals surface area contributed by atoms with Gasteiger partial charge in [-0.3, -0.25) is 0 Å². The molecular formula is C125H89N. The first-order valence-corrected chi connectivity index (χ1v) is 43.5. The predicted octanol–water partition coefficient (Wildman–Crippen LogP) is 34.8. The standard InChI is InChI=1S/C44H30.C42H34.C39H25N/c1-3-14-31(15-4-1)35-18-13-19-36(30-35)32-26-28-34(29-27-32)43-39-22-9-11-24-41(39)44(42-25-12-10-23-40(42)43)38-21-8-7-20-37(38)33-16-5-2-6-17-33;1-42(2,3)39-23-12-11-22-38(39)41-36-20-9-7-18-34(36)40(35-19-8-10-21-37(35)41)31-26-24-30(25-27-31)33-17-13-16-32(28-33)29-14-5-4-6-15-29;40-26-27-17-19-29(20-18-27)30-21-23-31(24-22-30)38-34-13-4-6-15-36(34)39(37-16-7-5-14-35(37)38)33-12-8-11-32(25-33)28-9-2-1-3-10-28/h1-30H;4-28H,1-3H3;1-25H. The van der Waals surface area contributed by atoms with Crippen molar-refractivity contribution in [1.29, 1.82) is 5.26 Å². The summed E-state index contributed by atoms with van der Waals surface area (Å²) in [6.45, 7) is 6.92. The maximum absolute atomic E-state index is 9.14. The van der Waals surface area contributed by atoms with Crippen molar-refractivity contribution in [2.45, 2.75) is 26.2 Å². The zero-order chi connectivity index (χ0) is 84.9. The molecule has 0 amide bonds. The van der Waals surface area contributed by atoms with Crippen molar-refractivity contribution in [1.82, 2.24) is 0 Å². The number of rotatable bonds is 13. The van der Waals surface area contributed by atoms with E-state index in [0.717, 1.165) is 11.1 Å². The maximum atomic E-state index is 9.14. The van der Waals surface area contributed by atoms with E-state index in [1.165, 1.54) is 204 Å². The van der Waals surface area contributed by atoms with E-state index in [1.807, 2.05) is 24.3 Å². The van der Waals surface area contributed by atoms with E-state index >= 15 is 0 Å². The molecule has 0 radical (unpaired) electrons. The van der Waals surface area contributed by atoms with Gasteiger partial charge >= 0.3 is 0 Å². The minimum atomic E-state index is 0.0329. The summed E-state index contributed by atoms with van der Waals surface area (Å²) in [6, 6.07) is 177. The quantitative estimate of drug-likeness (QED) is 0.106. The molecule has 0 saturated heterocycles. The highest BCUT2D eigenvalue weighted by molar-refractivity contribution is 6.25. The van der Waals surface area contributed by atoms with Crippen molar-refractivity contribution >= 4 is 64.6 Å². The molecule has 0 heterocycles. The second-order valence-corrected chi connectivity index (χ2v) is 33.5. The average Bonchev–Trinajstić information content (AvgIpc) is 0.740. The van der Waals surface area contributed by atoms with Crippen LogP contribution in [0.5, 0.6) is 0 Å². The number of fused-ring (bicyclic) bond motifs is 6. The van der Waals surface area contributed by atoms with Crippen molar-refractivity contribution in [3.05, 3.63) is 496 Å². The Labute approximate surface area is 738 Å². The molecule has 0 atom stereocenters. The van der Waals surface area contributed by atoms with E-state index in [-0.39, 0.29) is 5.41 Å². The minimum Gasteiger partial charge on any atom is -0.192 e. The third-order valence-electron chi connectivity index (χ3n) is 24.8. The lowest BCUT2D eigenvalue weighted by Gasteiger charge is -2.25. The molecule has 1 heteroatoms. The van der Waals surface area contributed by atoms with E-state index in [9.17, 15) is 0 Å². The van der Waals surface area contributed by atoms with Gasteiger partial charge in [0.05, 0.1) is 11.6 Å². The average molecular weight is 1610 g/mol. The monoisotopic (exact) mass is 1600 g/mol. The second-order valence-electron chi connectivity index (χ2n) is 33.5. The van der Waals surface area contributed by atoms with Crippen molar-refractivity contribution in [2.24, 2.45) is 0 Å². The van der Waals surface area contributed by atoms with Gasteiger partial charge in [-0.15, -0.1) is 0 Å². The highest BCUT2D eigenvalue weighted by Gasteiger charge is 2.25. The molecule has 0 spiro atoms. The molecule has 0 N–H and O–H groups in total. The molecule has 22 rings (SSSR count). The molecule has 126 heavy (non-hydrogen) atoms. The van der Waals surface area contributed by atoms with E-state index in [0.29, 0.717) is 5.56 Å². The van der Waals surface area contributed by atoms with Crippen molar-refractivity contribution in [3.63, 3.8) is 0 Å². The van der Waals surface area contributed by atoms with Gasteiger partial charge in [0, 0.05) is 0 Å². The summed E-state index contributed by atoms with van der Waals surface area (Å²) in [5.41, 5.74) is 34.2. The molecule has 0 unspecified atom stereocenters. The minimum absolute atomic E-state index is 0.0329. The third kappa shape index (κ3) is 15.5. The molecule has 0 aromatic heterocycles. The van der Waals surface area contributed by atoms with Gasteiger partial charge in [-0.1, -0.05) is 476 Å². The fourth-order valence-corrected chi connectivity index (χ4v) is 18.9. The first-order chi connectivity index (χ1) is 62.1. The van der Waals surface area contributed by atoms with Crippen LogP contribution in [0, 0.1) is 11.3 Å². The Balaban J connectivity index is 0.000000119. The van der Waals surface area contributed by atoms with Crippen molar-refractivity contribution in [3.8, 4) is 151 Å². The molecule has 0 aliphatic rings. The summed E-state index contributed by atoms with van der Waals surface area (Å²) in [6.07, 6.45) is 0. The van der Waals surface area contributed by atoms with Crippen LogP contribution in [0.25, 0.3) is 209 Å². The summed E-state index contributed by atoms with van der Waals surface area (Å²) in [5, 5.41) is 24.4. The van der Waals surface area contributed by atoms with Crippen LogP contribution < -0.4 is 0 Å². The van der Waals surface area contributed by atoms with Crippen LogP contribution in [0.2, 0.25) is 0 Å². The van der Waals surface area contributed by atoms with Crippen molar-refractivity contribution < 1.29 is 0 Å². The highest BCUT2D eigenvalue weighted by atomic mass is 14.3. The topological polar surface area (TPSA) is 23.8 Å². The van der Waals surface area contributed by atoms with Crippen LogP contribution in [0.1, 0.15) is 31.9 Å². The lowest BCUT2D eigenvalue weighted by molar-refractivity contribution is 0.592. The van der Waals surface area contributed by atoms with Gasteiger partial charge in [0.25, 0.3) is 0 Å². The molecule has 594 valence electrons. The van der Waals surface area contributed by atoms with Crippen LogP contribution in [-0.4, -0.2) is 0 Å². The van der Waals surface area contributed by atoms with Gasteiger partial charge in [-0.25, -0.2) is 0 Å². The Morgan fingerprint density at radius 3 is 0.659 bits per heavy atom. The lowest BCUT2D eigenvalue weighted by Crippen LogP contribution is -2.12. The van der Waals surface area contributed by atoms with Gasteiger partial charge in [-0.05, 0) is 251 Å². The van der Waals surface area contributed by atoms with Crippen molar-refractivity contribution in [2.75, 3.05) is 0 Å². The molecule has 0 fully saturated rings. The molecule has 1 nitrogen and oxygen atoms in total. The van der Waals surface area contributed by atoms with Crippen LogP contribution in [-0.2, 0) is 5.41 Å². The van der Waals surface area contributed by atoms with Crippen LogP contribution >= 0.6 is 0 Å². The fourth-order valence-electron chi connectivity index (χ4n) is 18.9. The first-order valence-electron chi connectivity index (χ1n) is 43.5. The molecule has 0 aliphatic heterocycles. The zero-order valence-electron chi connectivity index (χ0n) is 70.6. The van der Waals surface area contributed by atoms with Crippen LogP contribution in [0.3, 0.4) is 0 Å². The zero-order valence-corrected chi connectivity index (χ0v) is 70.6. The molecule has 22 aromatic carbocycles. The van der Waals surface area contributed by atoms with Gasteiger partial charge < -0.3 is 0 Å². The number of nitriles is 1. The predicted molar refractivity (Wildman–Crippen MR) is 538 cm³/mol. The number of hydrogen-bond acceptors (Lipinski definition) is 1. The van der Waals surface area contributed by atoms with Gasteiger partial charge in [0.1, 0.15) is 0 Å². The Kier molecular flexibility index (Phi) is 21.7. The molecule has 0 saturated carbocycles. The van der Waals surface area contributed by atoms with E-state index in [4.69, 9.17) is 5.26 Å². The second kappa shape index (κ2) is 34.8. The first kappa shape index (κ1) is 78.4. The number of nitrogens with zero attached hydrogens (tertiary/aromatic N) is 1. The van der Waals surface area contributed by atoms with Gasteiger partial charge in [0.2, 0.25) is 0 Å². The number of hydrogen-bond donors (Lipinski definition) is 0. The Morgan fingerprint density at radius 1 is 0.151 bits per heavy atom. The summed E-state index contributed by atoms with van der Waals surface area (Å²) in [7, 11) is 0. The third-order valence-corrected chi connectivity index (χ3v) is 24.8. The Bertz CT molecular complexity index is 7620. The van der Waals surface area contributed by atoms with E-state index in [2.05, 4.69) is 488 Å². The highest BCUT2D eigenvalue weighted by Crippen LogP contribution is 2.51. The SMILES string of the molecule is CC(C)(C)c1ccccc1-c1c2ccccc2c(-c2ccc(-c3cccc(-c4ccccc4)c3)cc2)c2ccccc12.N#Cc1ccc(-c2ccc(-c3c4ccccc4c(-c4cccc(-c5ccccc5)c4)c4ccccc34)cc2)cc1.c1ccc(-c2cccc(-c3ccc(-c4c5ccccc5c(-c5ccccc5-c5ccccc5)c5ccccc45)cc3)c2)cc1. The largest absolute Gasteiger partial charge is 0.192 e. The summed E-state index contributed by atoms with van der Waals surface area (Å²) in [4.78, 5) is 0. The smallest absolute Gasteiger partial charge is 0.0991 e. The molecular weight excluding hydrogens is 1520 g/mol. The Hall–Kier alpha value is -16.1. The van der Waals surface area contributed by atoms with Gasteiger partial charge in [0.15, 0.2) is 0 Å². The van der Waals surface area contributed by atoms with E-state index < -0.39 is 0 Å². The Morgan fingerprint density at radius 2 is 0.349 bits per heavy atom. The van der Waals surface area contributed by atoms with Crippen LogP contribution in [0.15, 0.2) is 485 Å². The maximum Gasteiger partial charge on any atom is 0.0991 e. The van der Waals surface area contributed by atoms with Crippen LogP contribution in [0.4, 0.5) is 0 Å².